The van der Waals surface area contributed by atoms with Gasteiger partial charge in [0, 0.05) is 13.1 Å². The Balaban J connectivity index is 2.20. The van der Waals surface area contributed by atoms with E-state index < -0.39 is 6.04 Å². The molecule has 0 spiro atoms. The quantitative estimate of drug-likeness (QED) is 0.559. The van der Waals surface area contributed by atoms with Crippen LogP contribution in [-0.4, -0.2) is 29.3 Å². The zero-order chi connectivity index (χ0) is 21.4. The first-order valence-electron chi connectivity index (χ1n) is 9.57. The van der Waals surface area contributed by atoms with Crippen LogP contribution in [0.4, 0.5) is 4.39 Å². The van der Waals surface area contributed by atoms with Gasteiger partial charge in [-0.25, -0.2) is 4.39 Å². The van der Waals surface area contributed by atoms with Gasteiger partial charge in [0.15, 0.2) is 0 Å². The summed E-state index contributed by atoms with van der Waals surface area (Å²) in [4.78, 5) is 27.1. The monoisotopic (exact) mass is 438 g/mol. The summed E-state index contributed by atoms with van der Waals surface area (Å²) in [5.74, 6) is -0.815. The molecule has 1 N–H and O–H groups in total. The number of amides is 2. The maximum Gasteiger partial charge on any atom is 0.242 e. The van der Waals surface area contributed by atoms with Crippen LogP contribution >= 0.6 is 23.2 Å². The molecule has 0 saturated carbocycles. The van der Waals surface area contributed by atoms with Crippen LogP contribution in [0.2, 0.25) is 10.0 Å². The second-order valence-electron chi connectivity index (χ2n) is 6.89. The molecule has 2 aromatic rings. The van der Waals surface area contributed by atoms with E-state index in [-0.39, 0.29) is 30.6 Å². The molecule has 29 heavy (non-hydrogen) atoms. The molecule has 0 bridgehead atoms. The molecule has 0 radical (unpaired) electrons. The van der Waals surface area contributed by atoms with Crippen molar-refractivity contribution in [1.29, 1.82) is 0 Å². The summed E-state index contributed by atoms with van der Waals surface area (Å²) in [7, 11) is 0. The number of halogens is 3. The van der Waals surface area contributed by atoms with Gasteiger partial charge in [-0.15, -0.1) is 0 Å². The van der Waals surface area contributed by atoms with Crippen molar-refractivity contribution in [2.24, 2.45) is 0 Å². The smallest absolute Gasteiger partial charge is 0.242 e. The van der Waals surface area contributed by atoms with Gasteiger partial charge in [0.05, 0.1) is 16.5 Å². The van der Waals surface area contributed by atoms with Crippen LogP contribution in [0.3, 0.4) is 0 Å². The van der Waals surface area contributed by atoms with E-state index in [9.17, 15) is 14.0 Å². The maximum atomic E-state index is 13.2. The molecular weight excluding hydrogens is 414 g/mol. The number of rotatable bonds is 9. The van der Waals surface area contributed by atoms with Gasteiger partial charge in [-0.2, -0.15) is 0 Å². The predicted octanol–water partition coefficient (Wildman–Crippen LogP) is 5.01. The third-order valence-electron chi connectivity index (χ3n) is 4.60. The first-order chi connectivity index (χ1) is 13.8. The zero-order valence-corrected chi connectivity index (χ0v) is 18.1. The SMILES string of the molecule is CCCCNC(=O)C(C)N(Cc1ccc(Cl)c(Cl)c1)C(=O)Cc1ccc(F)cc1. The number of carbonyl (C=O) groups excluding carboxylic acids is 2. The summed E-state index contributed by atoms with van der Waals surface area (Å²) in [6.07, 6.45) is 1.90. The minimum Gasteiger partial charge on any atom is -0.354 e. The van der Waals surface area contributed by atoms with E-state index in [1.54, 1.807) is 37.3 Å². The summed E-state index contributed by atoms with van der Waals surface area (Å²) >= 11 is 12.1. The minimum atomic E-state index is -0.672. The number of nitrogens with one attached hydrogen (secondary N) is 1. The van der Waals surface area contributed by atoms with Gasteiger partial charge in [0.25, 0.3) is 0 Å². The molecule has 0 aliphatic rings. The molecule has 4 nitrogen and oxygen atoms in total. The van der Waals surface area contributed by atoms with Gasteiger partial charge >= 0.3 is 0 Å². The molecule has 7 heteroatoms. The lowest BCUT2D eigenvalue weighted by Crippen LogP contribution is -2.48. The molecule has 0 heterocycles. The molecule has 2 rings (SSSR count). The van der Waals surface area contributed by atoms with Crippen molar-refractivity contribution < 1.29 is 14.0 Å². The lowest BCUT2D eigenvalue weighted by Gasteiger charge is -2.29. The normalized spacial score (nSPS) is 11.8. The lowest BCUT2D eigenvalue weighted by atomic mass is 10.1. The Morgan fingerprint density at radius 3 is 2.34 bits per heavy atom. The van der Waals surface area contributed by atoms with Crippen molar-refractivity contribution in [3.8, 4) is 0 Å². The largest absolute Gasteiger partial charge is 0.354 e. The first-order valence-corrected chi connectivity index (χ1v) is 10.3. The van der Waals surface area contributed by atoms with Crippen molar-refractivity contribution in [3.05, 3.63) is 69.5 Å². The highest BCUT2D eigenvalue weighted by Crippen LogP contribution is 2.24. The van der Waals surface area contributed by atoms with Gasteiger partial charge in [0.1, 0.15) is 11.9 Å². The Hall–Kier alpha value is -2.11. The van der Waals surface area contributed by atoms with Crippen LogP contribution in [0.1, 0.15) is 37.8 Å². The van der Waals surface area contributed by atoms with Gasteiger partial charge in [-0.1, -0.05) is 54.7 Å². The fourth-order valence-corrected chi connectivity index (χ4v) is 3.15. The highest BCUT2D eigenvalue weighted by molar-refractivity contribution is 6.42. The van der Waals surface area contributed by atoms with Crippen LogP contribution in [0.25, 0.3) is 0 Å². The Kier molecular flexibility index (Phi) is 8.93. The Bertz CT molecular complexity index is 843. The standard InChI is InChI=1S/C22H25Cl2FN2O2/c1-3-4-11-26-22(29)15(2)27(14-17-7-10-19(23)20(24)12-17)21(28)13-16-5-8-18(25)9-6-16/h5-10,12,15H,3-4,11,13-14H2,1-2H3,(H,26,29). The number of hydrogen-bond donors (Lipinski definition) is 1. The van der Waals surface area contributed by atoms with Crippen LogP contribution in [-0.2, 0) is 22.6 Å². The summed E-state index contributed by atoms with van der Waals surface area (Å²) in [6.45, 7) is 4.51. The summed E-state index contributed by atoms with van der Waals surface area (Å²) in [5, 5.41) is 3.67. The van der Waals surface area contributed by atoms with Gasteiger partial charge < -0.3 is 10.2 Å². The molecule has 1 atom stereocenters. The number of carbonyl (C=O) groups is 2. The molecule has 156 valence electrons. The highest BCUT2D eigenvalue weighted by atomic mass is 35.5. The molecule has 0 saturated heterocycles. The summed E-state index contributed by atoms with van der Waals surface area (Å²) < 4.78 is 13.2. The number of hydrogen-bond acceptors (Lipinski definition) is 2. The molecule has 0 aliphatic carbocycles. The van der Waals surface area contributed by atoms with E-state index in [1.807, 2.05) is 6.92 Å². The van der Waals surface area contributed by atoms with E-state index >= 15 is 0 Å². The predicted molar refractivity (Wildman–Crippen MR) is 114 cm³/mol. The minimum absolute atomic E-state index is 0.0637. The molecule has 1 unspecified atom stereocenters. The van der Waals surface area contributed by atoms with Crippen molar-refractivity contribution in [3.63, 3.8) is 0 Å². The second-order valence-corrected chi connectivity index (χ2v) is 7.71. The van der Waals surface area contributed by atoms with E-state index in [1.165, 1.54) is 17.0 Å². The van der Waals surface area contributed by atoms with E-state index in [2.05, 4.69) is 5.32 Å². The van der Waals surface area contributed by atoms with Crippen LogP contribution in [0.5, 0.6) is 0 Å². The third-order valence-corrected chi connectivity index (χ3v) is 5.34. The van der Waals surface area contributed by atoms with Crippen molar-refractivity contribution >= 4 is 35.0 Å². The Morgan fingerprint density at radius 1 is 1.07 bits per heavy atom. The summed E-state index contributed by atoms with van der Waals surface area (Å²) in [6, 6.07) is 10.2. The molecule has 0 fully saturated rings. The van der Waals surface area contributed by atoms with Gasteiger partial charge in [-0.05, 0) is 48.7 Å². The maximum absolute atomic E-state index is 13.2. The molecule has 2 aromatic carbocycles. The third kappa shape index (κ3) is 7.02. The van der Waals surface area contributed by atoms with Gasteiger partial charge in [0.2, 0.25) is 11.8 Å². The summed E-state index contributed by atoms with van der Waals surface area (Å²) in [5.41, 5.74) is 1.44. The van der Waals surface area contributed by atoms with E-state index in [0.29, 0.717) is 22.2 Å². The van der Waals surface area contributed by atoms with Crippen molar-refractivity contribution in [2.45, 2.75) is 45.7 Å². The van der Waals surface area contributed by atoms with Crippen LogP contribution < -0.4 is 5.32 Å². The first kappa shape index (κ1) is 23.2. The van der Waals surface area contributed by atoms with Crippen LogP contribution in [0, 0.1) is 5.82 Å². The number of nitrogens with zero attached hydrogens (tertiary/aromatic N) is 1. The lowest BCUT2D eigenvalue weighted by molar-refractivity contribution is -0.140. The second kappa shape index (κ2) is 11.2. The van der Waals surface area contributed by atoms with Crippen LogP contribution in [0.15, 0.2) is 42.5 Å². The van der Waals surface area contributed by atoms with E-state index in [0.717, 1.165) is 18.4 Å². The fraction of sp³-hybridized carbons (Fsp3) is 0.364. The van der Waals surface area contributed by atoms with E-state index in [4.69, 9.17) is 23.2 Å². The average Bonchev–Trinajstić information content (AvgIpc) is 2.70. The highest BCUT2D eigenvalue weighted by Gasteiger charge is 2.26. The zero-order valence-electron chi connectivity index (χ0n) is 16.6. The number of benzene rings is 2. The molecule has 2 amide bonds. The van der Waals surface area contributed by atoms with Gasteiger partial charge in [-0.3, -0.25) is 9.59 Å². The Morgan fingerprint density at radius 2 is 1.72 bits per heavy atom. The van der Waals surface area contributed by atoms with Crippen molar-refractivity contribution in [1.82, 2.24) is 10.2 Å². The molecule has 0 aliphatic heterocycles. The fourth-order valence-electron chi connectivity index (χ4n) is 2.83. The average molecular weight is 439 g/mol. The topological polar surface area (TPSA) is 49.4 Å². The molecular formula is C22H25Cl2FN2O2. The molecule has 0 aromatic heterocycles. The number of unbranched alkanes of at least 4 members (excludes halogenated alkanes) is 1. The van der Waals surface area contributed by atoms with Crippen molar-refractivity contribution in [2.75, 3.05) is 6.54 Å². The Labute approximate surface area is 181 Å².